The predicted molar refractivity (Wildman–Crippen MR) is 107 cm³/mol. The first kappa shape index (κ1) is 18.7. The Morgan fingerprint density at radius 3 is 2.52 bits per heavy atom. The second kappa shape index (κ2) is 8.56. The van der Waals surface area contributed by atoms with Crippen molar-refractivity contribution in [1.29, 1.82) is 5.26 Å². The van der Waals surface area contributed by atoms with Gasteiger partial charge in [-0.15, -0.1) is 0 Å². The minimum absolute atomic E-state index is 0.164. The van der Waals surface area contributed by atoms with Crippen molar-refractivity contribution in [3.05, 3.63) is 76.5 Å². The van der Waals surface area contributed by atoms with Crippen molar-refractivity contribution in [3.8, 4) is 11.8 Å². The molecule has 3 aromatic rings. The van der Waals surface area contributed by atoms with Crippen molar-refractivity contribution < 1.29 is 4.74 Å². The van der Waals surface area contributed by atoms with Crippen molar-refractivity contribution >= 4 is 17.6 Å². The Balaban J connectivity index is 1.77. The molecule has 6 heteroatoms. The first-order valence-corrected chi connectivity index (χ1v) is 9.48. The standard InChI is InChI=1S/C21H20N4OS/c1-14-5-3-7-16(9-14)13-27-21-24-19(18(11-22)20(23)25-21)12-26-17-8-4-6-15(2)10-17/h3-10H,12-13H2,1-2H3,(H2,23,24,25). The van der Waals surface area contributed by atoms with Gasteiger partial charge in [-0.2, -0.15) is 5.26 Å². The first-order chi connectivity index (χ1) is 13.0. The molecule has 5 nitrogen and oxygen atoms in total. The van der Waals surface area contributed by atoms with Crippen molar-refractivity contribution in [2.75, 3.05) is 5.73 Å². The smallest absolute Gasteiger partial charge is 0.190 e. The molecule has 0 bridgehead atoms. The van der Waals surface area contributed by atoms with Gasteiger partial charge < -0.3 is 10.5 Å². The Labute approximate surface area is 163 Å². The van der Waals surface area contributed by atoms with Gasteiger partial charge in [0.2, 0.25) is 0 Å². The van der Waals surface area contributed by atoms with Crippen molar-refractivity contribution in [1.82, 2.24) is 9.97 Å². The van der Waals surface area contributed by atoms with Crippen LogP contribution in [0.5, 0.6) is 5.75 Å². The van der Waals surface area contributed by atoms with Crippen LogP contribution in [0.25, 0.3) is 0 Å². The summed E-state index contributed by atoms with van der Waals surface area (Å²) in [5.74, 6) is 1.64. The van der Waals surface area contributed by atoms with Crippen LogP contribution >= 0.6 is 11.8 Å². The molecule has 0 saturated carbocycles. The van der Waals surface area contributed by atoms with E-state index in [9.17, 15) is 5.26 Å². The van der Waals surface area contributed by atoms with E-state index in [1.165, 1.54) is 22.9 Å². The number of benzene rings is 2. The van der Waals surface area contributed by atoms with Crippen LogP contribution in [-0.4, -0.2) is 9.97 Å². The Morgan fingerprint density at radius 1 is 1.07 bits per heavy atom. The molecule has 136 valence electrons. The van der Waals surface area contributed by atoms with E-state index in [2.05, 4.69) is 41.2 Å². The highest BCUT2D eigenvalue weighted by Crippen LogP contribution is 2.24. The lowest BCUT2D eigenvalue weighted by molar-refractivity contribution is 0.299. The van der Waals surface area contributed by atoms with Gasteiger partial charge in [-0.05, 0) is 37.1 Å². The van der Waals surface area contributed by atoms with Crippen LogP contribution < -0.4 is 10.5 Å². The number of rotatable bonds is 6. The average molecular weight is 376 g/mol. The summed E-state index contributed by atoms with van der Waals surface area (Å²) in [6.45, 7) is 4.22. The summed E-state index contributed by atoms with van der Waals surface area (Å²) in [5, 5.41) is 9.94. The molecule has 0 aliphatic heterocycles. The lowest BCUT2D eigenvalue weighted by Crippen LogP contribution is -2.08. The Kier molecular flexibility index (Phi) is 5.94. The van der Waals surface area contributed by atoms with Crippen LogP contribution in [0, 0.1) is 25.2 Å². The zero-order chi connectivity index (χ0) is 19.2. The van der Waals surface area contributed by atoms with E-state index in [1.807, 2.05) is 37.3 Å². The summed E-state index contributed by atoms with van der Waals surface area (Å²) >= 11 is 1.49. The van der Waals surface area contributed by atoms with Gasteiger partial charge >= 0.3 is 0 Å². The lowest BCUT2D eigenvalue weighted by atomic mass is 10.2. The number of hydrogen-bond donors (Lipinski definition) is 1. The average Bonchev–Trinajstić information content (AvgIpc) is 2.64. The summed E-state index contributed by atoms with van der Waals surface area (Å²) in [6.07, 6.45) is 0. The van der Waals surface area contributed by atoms with Gasteiger partial charge in [-0.3, -0.25) is 0 Å². The topological polar surface area (TPSA) is 84.8 Å². The maximum atomic E-state index is 9.40. The SMILES string of the molecule is Cc1cccc(CSc2nc(N)c(C#N)c(COc3cccc(C)c3)n2)c1. The molecule has 2 aromatic carbocycles. The molecule has 0 amide bonds. The number of anilines is 1. The van der Waals surface area contributed by atoms with E-state index in [4.69, 9.17) is 10.5 Å². The van der Waals surface area contributed by atoms with Crippen LogP contribution in [0.15, 0.2) is 53.7 Å². The van der Waals surface area contributed by atoms with E-state index >= 15 is 0 Å². The number of nitriles is 1. The second-order valence-electron chi connectivity index (χ2n) is 6.21. The monoisotopic (exact) mass is 376 g/mol. The number of nitrogen functional groups attached to an aromatic ring is 1. The maximum Gasteiger partial charge on any atom is 0.190 e. The number of thioether (sulfide) groups is 1. The number of nitrogens with zero attached hydrogens (tertiary/aromatic N) is 3. The molecule has 1 aromatic heterocycles. The predicted octanol–water partition coefficient (Wildman–Crippen LogP) is 4.42. The normalized spacial score (nSPS) is 10.4. The van der Waals surface area contributed by atoms with Crippen molar-refractivity contribution in [3.63, 3.8) is 0 Å². The van der Waals surface area contributed by atoms with Crippen LogP contribution in [0.1, 0.15) is 27.9 Å². The van der Waals surface area contributed by atoms with E-state index in [0.29, 0.717) is 10.9 Å². The van der Waals surface area contributed by atoms with Gasteiger partial charge in [0.1, 0.15) is 35.5 Å². The summed E-state index contributed by atoms with van der Waals surface area (Å²) in [7, 11) is 0. The zero-order valence-electron chi connectivity index (χ0n) is 15.3. The number of nitrogens with two attached hydrogens (primary N) is 1. The minimum atomic E-state index is 0.164. The first-order valence-electron chi connectivity index (χ1n) is 8.49. The molecule has 0 saturated heterocycles. The third-order valence-electron chi connectivity index (χ3n) is 3.92. The van der Waals surface area contributed by atoms with Gasteiger partial charge in [0.05, 0.1) is 0 Å². The lowest BCUT2D eigenvalue weighted by Gasteiger charge is -2.10. The molecule has 27 heavy (non-hydrogen) atoms. The van der Waals surface area contributed by atoms with E-state index in [1.54, 1.807) is 0 Å². The fourth-order valence-corrected chi connectivity index (χ4v) is 3.41. The van der Waals surface area contributed by atoms with Crippen LogP contribution in [0.3, 0.4) is 0 Å². The van der Waals surface area contributed by atoms with Gasteiger partial charge in [-0.25, -0.2) is 9.97 Å². The molecule has 0 spiro atoms. The highest BCUT2D eigenvalue weighted by molar-refractivity contribution is 7.98. The number of ether oxygens (including phenoxy) is 1. The largest absolute Gasteiger partial charge is 0.487 e. The molecule has 0 radical (unpaired) electrons. The highest BCUT2D eigenvalue weighted by Gasteiger charge is 2.14. The Bertz CT molecular complexity index is 998. The quantitative estimate of drug-likeness (QED) is 0.506. The van der Waals surface area contributed by atoms with Gasteiger partial charge in [-0.1, -0.05) is 53.7 Å². The molecule has 2 N–H and O–H groups in total. The van der Waals surface area contributed by atoms with Gasteiger partial charge in [0, 0.05) is 5.75 Å². The molecule has 0 atom stereocenters. The number of aryl methyl sites for hydroxylation is 2. The third kappa shape index (κ3) is 4.99. The highest BCUT2D eigenvalue weighted by atomic mass is 32.2. The fourth-order valence-electron chi connectivity index (χ4n) is 2.60. The number of aromatic nitrogens is 2. The third-order valence-corrected chi connectivity index (χ3v) is 4.84. The maximum absolute atomic E-state index is 9.40. The van der Waals surface area contributed by atoms with Crippen molar-refractivity contribution in [2.24, 2.45) is 0 Å². The molecule has 1 heterocycles. The number of hydrogen-bond acceptors (Lipinski definition) is 6. The molecule has 0 aliphatic rings. The van der Waals surface area contributed by atoms with Crippen LogP contribution in [-0.2, 0) is 12.4 Å². The Morgan fingerprint density at radius 2 is 1.81 bits per heavy atom. The molecule has 3 rings (SSSR count). The van der Waals surface area contributed by atoms with Crippen molar-refractivity contribution in [2.45, 2.75) is 31.4 Å². The molecule has 0 unspecified atom stereocenters. The zero-order valence-corrected chi connectivity index (χ0v) is 16.1. The summed E-state index contributed by atoms with van der Waals surface area (Å²) in [4.78, 5) is 8.77. The van der Waals surface area contributed by atoms with E-state index in [0.717, 1.165) is 17.1 Å². The second-order valence-corrected chi connectivity index (χ2v) is 7.15. The van der Waals surface area contributed by atoms with Gasteiger partial charge in [0.25, 0.3) is 0 Å². The fraction of sp³-hybridized carbons (Fsp3) is 0.190. The summed E-state index contributed by atoms with van der Waals surface area (Å²) in [6, 6.07) is 18.1. The molecule has 0 fully saturated rings. The van der Waals surface area contributed by atoms with Gasteiger partial charge in [0.15, 0.2) is 5.16 Å². The van der Waals surface area contributed by atoms with E-state index in [-0.39, 0.29) is 18.0 Å². The van der Waals surface area contributed by atoms with Crippen LogP contribution in [0.2, 0.25) is 0 Å². The molecular weight excluding hydrogens is 356 g/mol. The summed E-state index contributed by atoms with van der Waals surface area (Å²) in [5.41, 5.74) is 10.2. The molecular formula is C21H20N4OS. The Hall–Kier alpha value is -3.04. The van der Waals surface area contributed by atoms with E-state index < -0.39 is 0 Å². The van der Waals surface area contributed by atoms with Crippen LogP contribution in [0.4, 0.5) is 5.82 Å². The minimum Gasteiger partial charge on any atom is -0.487 e. The molecule has 0 aliphatic carbocycles. The summed E-state index contributed by atoms with van der Waals surface area (Å²) < 4.78 is 5.80.